The van der Waals surface area contributed by atoms with Crippen LogP contribution in [0.5, 0.6) is 5.75 Å². The summed E-state index contributed by atoms with van der Waals surface area (Å²) in [5, 5.41) is 12.3. The summed E-state index contributed by atoms with van der Waals surface area (Å²) in [4.78, 5) is 0. The van der Waals surface area contributed by atoms with E-state index in [2.05, 4.69) is 10.1 Å². The van der Waals surface area contributed by atoms with Gasteiger partial charge in [0, 0.05) is 17.3 Å². The average Bonchev–Trinajstić information content (AvgIpc) is 2.44. The van der Waals surface area contributed by atoms with Gasteiger partial charge in [-0.25, -0.2) is 0 Å². The van der Waals surface area contributed by atoms with E-state index in [1.54, 1.807) is 12.1 Å². The molecule has 7 heteroatoms. The highest BCUT2D eigenvalue weighted by Crippen LogP contribution is 2.23. The molecule has 3 nitrogen and oxygen atoms in total. The summed E-state index contributed by atoms with van der Waals surface area (Å²) in [5.41, 5.74) is 1.83. The Morgan fingerprint density at radius 2 is 1.82 bits per heavy atom. The first-order valence-electron chi connectivity index (χ1n) is 6.15. The summed E-state index contributed by atoms with van der Waals surface area (Å²) in [5.74, 6) is -0.272. The fourth-order valence-corrected chi connectivity index (χ4v) is 2.00. The number of halogens is 4. The Bertz CT molecular complexity index is 693. The molecule has 0 heterocycles. The number of benzene rings is 2. The maximum atomic E-state index is 12.0. The highest BCUT2D eigenvalue weighted by Gasteiger charge is 2.30. The van der Waals surface area contributed by atoms with E-state index < -0.39 is 6.36 Å². The topological polar surface area (TPSA) is 45.0 Å². The maximum absolute atomic E-state index is 12.0. The monoisotopic (exact) mass is 326 g/mol. The van der Waals surface area contributed by atoms with Gasteiger partial charge in [-0.2, -0.15) is 5.26 Å². The first-order chi connectivity index (χ1) is 10.4. The fourth-order valence-electron chi connectivity index (χ4n) is 1.77. The van der Waals surface area contributed by atoms with Gasteiger partial charge in [-0.05, 0) is 35.9 Å². The summed E-state index contributed by atoms with van der Waals surface area (Å²) >= 11 is 5.88. The molecule has 0 fully saturated rings. The van der Waals surface area contributed by atoms with Crippen molar-refractivity contribution in [3.8, 4) is 11.8 Å². The van der Waals surface area contributed by atoms with E-state index in [0.29, 0.717) is 22.8 Å². The number of alkyl halides is 3. The van der Waals surface area contributed by atoms with Gasteiger partial charge in [0.05, 0.1) is 11.6 Å². The number of anilines is 1. The minimum atomic E-state index is -4.70. The lowest BCUT2D eigenvalue weighted by atomic mass is 10.2. The molecule has 0 amide bonds. The van der Waals surface area contributed by atoms with Gasteiger partial charge in [0.1, 0.15) is 5.75 Å². The first kappa shape index (κ1) is 16.0. The van der Waals surface area contributed by atoms with E-state index in [1.807, 2.05) is 6.07 Å². The lowest BCUT2D eigenvalue weighted by molar-refractivity contribution is -0.274. The molecule has 2 aromatic rings. The number of rotatable bonds is 4. The van der Waals surface area contributed by atoms with E-state index in [0.717, 1.165) is 5.56 Å². The lowest BCUT2D eigenvalue weighted by Gasteiger charge is -2.10. The fraction of sp³-hybridized carbons (Fsp3) is 0.133. The predicted octanol–water partition coefficient (Wildman–Crippen LogP) is 4.72. The van der Waals surface area contributed by atoms with Crippen LogP contribution in [0.15, 0.2) is 42.5 Å². The van der Waals surface area contributed by atoms with Gasteiger partial charge < -0.3 is 10.1 Å². The highest BCUT2D eigenvalue weighted by atomic mass is 35.5. The number of nitrogens with one attached hydrogen (secondary N) is 1. The molecule has 2 rings (SSSR count). The van der Waals surface area contributed by atoms with Crippen LogP contribution in [-0.4, -0.2) is 6.36 Å². The summed E-state index contributed by atoms with van der Waals surface area (Å²) in [6, 6.07) is 12.3. The molecule has 0 spiro atoms. The molecule has 22 heavy (non-hydrogen) atoms. The zero-order valence-electron chi connectivity index (χ0n) is 11.1. The molecule has 1 N–H and O–H groups in total. The Morgan fingerprint density at radius 3 is 2.41 bits per heavy atom. The van der Waals surface area contributed by atoms with Crippen molar-refractivity contribution >= 4 is 17.3 Å². The zero-order valence-corrected chi connectivity index (χ0v) is 11.9. The highest BCUT2D eigenvalue weighted by molar-refractivity contribution is 6.31. The molecule has 0 aliphatic rings. The van der Waals surface area contributed by atoms with Crippen molar-refractivity contribution in [1.29, 1.82) is 5.26 Å². The molecule has 114 valence electrons. The second kappa shape index (κ2) is 6.58. The molecular weight excluding hydrogens is 317 g/mol. The normalized spacial score (nSPS) is 10.9. The van der Waals surface area contributed by atoms with E-state index in [9.17, 15) is 13.2 Å². The number of ether oxygens (including phenoxy) is 1. The maximum Gasteiger partial charge on any atom is 0.573 e. The quantitative estimate of drug-likeness (QED) is 0.884. The molecule has 0 aromatic heterocycles. The van der Waals surface area contributed by atoms with Crippen LogP contribution in [0.25, 0.3) is 0 Å². The predicted molar refractivity (Wildman–Crippen MR) is 76.6 cm³/mol. The Morgan fingerprint density at radius 1 is 1.14 bits per heavy atom. The number of hydrogen-bond acceptors (Lipinski definition) is 3. The molecule has 0 aliphatic carbocycles. The summed E-state index contributed by atoms with van der Waals surface area (Å²) in [7, 11) is 0. The van der Waals surface area contributed by atoms with Crippen molar-refractivity contribution in [3.63, 3.8) is 0 Å². The van der Waals surface area contributed by atoms with Gasteiger partial charge in [0.15, 0.2) is 0 Å². The molecule has 0 saturated carbocycles. The minimum absolute atomic E-state index is 0.272. The van der Waals surface area contributed by atoms with Crippen LogP contribution in [0.4, 0.5) is 18.9 Å². The van der Waals surface area contributed by atoms with Crippen molar-refractivity contribution in [1.82, 2.24) is 0 Å². The van der Waals surface area contributed by atoms with Gasteiger partial charge in [-0.1, -0.05) is 23.7 Å². The molecule has 0 bridgehead atoms. The third-order valence-electron chi connectivity index (χ3n) is 2.68. The van der Waals surface area contributed by atoms with Crippen molar-refractivity contribution in [3.05, 3.63) is 58.6 Å². The largest absolute Gasteiger partial charge is 0.573 e. The van der Waals surface area contributed by atoms with Crippen LogP contribution >= 0.6 is 11.6 Å². The summed E-state index contributed by atoms with van der Waals surface area (Å²) in [6.07, 6.45) is -4.70. The Kier molecular flexibility index (Phi) is 4.78. The molecule has 2 aromatic carbocycles. The molecular formula is C15H10ClF3N2O. The molecule has 0 saturated heterocycles. The third-order valence-corrected chi connectivity index (χ3v) is 2.90. The van der Waals surface area contributed by atoms with Crippen LogP contribution in [0.3, 0.4) is 0 Å². The van der Waals surface area contributed by atoms with Gasteiger partial charge in [0.2, 0.25) is 0 Å². The summed E-state index contributed by atoms with van der Waals surface area (Å²) < 4.78 is 39.9. The Hall–Kier alpha value is -2.39. The van der Waals surface area contributed by atoms with Crippen molar-refractivity contribution in [2.45, 2.75) is 12.9 Å². The van der Waals surface area contributed by atoms with E-state index in [1.165, 1.54) is 30.3 Å². The van der Waals surface area contributed by atoms with Gasteiger partial charge in [-0.3, -0.25) is 0 Å². The van der Waals surface area contributed by atoms with Gasteiger partial charge in [-0.15, -0.1) is 13.2 Å². The van der Waals surface area contributed by atoms with Crippen molar-refractivity contribution < 1.29 is 17.9 Å². The molecule has 0 radical (unpaired) electrons. The molecule has 0 atom stereocenters. The molecule has 0 unspecified atom stereocenters. The van der Waals surface area contributed by atoms with Crippen LogP contribution < -0.4 is 10.1 Å². The van der Waals surface area contributed by atoms with Crippen molar-refractivity contribution in [2.75, 3.05) is 5.32 Å². The van der Waals surface area contributed by atoms with Crippen LogP contribution in [0.2, 0.25) is 5.02 Å². The second-order valence-electron chi connectivity index (χ2n) is 4.39. The number of nitrogens with zero attached hydrogens (tertiary/aromatic N) is 1. The van der Waals surface area contributed by atoms with Gasteiger partial charge >= 0.3 is 6.36 Å². The number of hydrogen-bond donors (Lipinski definition) is 1. The van der Waals surface area contributed by atoms with Gasteiger partial charge in [0.25, 0.3) is 0 Å². The third kappa shape index (κ3) is 4.86. The minimum Gasteiger partial charge on any atom is -0.406 e. The average molecular weight is 327 g/mol. The smallest absolute Gasteiger partial charge is 0.406 e. The molecule has 0 aliphatic heterocycles. The van der Waals surface area contributed by atoms with Crippen LogP contribution in [0.1, 0.15) is 11.1 Å². The van der Waals surface area contributed by atoms with E-state index in [-0.39, 0.29) is 5.75 Å². The zero-order chi connectivity index (χ0) is 16.2. The first-order valence-corrected chi connectivity index (χ1v) is 6.53. The standard InChI is InChI=1S/C15H10ClF3N2O/c16-12-5-11(8-20)6-13(7-12)21-9-10-1-3-14(4-2-10)22-15(17,18)19/h1-7,21H,9H2. The lowest BCUT2D eigenvalue weighted by Crippen LogP contribution is -2.17. The van der Waals surface area contributed by atoms with E-state index >= 15 is 0 Å². The number of nitriles is 1. The van der Waals surface area contributed by atoms with Crippen LogP contribution in [-0.2, 0) is 6.54 Å². The van der Waals surface area contributed by atoms with Crippen LogP contribution in [0, 0.1) is 11.3 Å². The van der Waals surface area contributed by atoms with Crippen molar-refractivity contribution in [2.24, 2.45) is 0 Å². The second-order valence-corrected chi connectivity index (χ2v) is 4.82. The summed E-state index contributed by atoms with van der Waals surface area (Å²) in [6.45, 7) is 0.373. The Balaban J connectivity index is 2.00. The SMILES string of the molecule is N#Cc1cc(Cl)cc(NCc2ccc(OC(F)(F)F)cc2)c1. The Labute approximate surface area is 129 Å². The van der Waals surface area contributed by atoms with E-state index in [4.69, 9.17) is 16.9 Å².